The molecular formula is C16H18N2O3S. The molecule has 6 heteroatoms. The lowest BCUT2D eigenvalue weighted by molar-refractivity contribution is 0.0198. The Morgan fingerprint density at radius 1 is 1.32 bits per heavy atom. The maximum absolute atomic E-state index is 10.9. The summed E-state index contributed by atoms with van der Waals surface area (Å²) >= 11 is 1.20. The number of aromatic carboxylic acids is 1. The highest BCUT2D eigenvalue weighted by Crippen LogP contribution is 2.28. The van der Waals surface area contributed by atoms with E-state index in [4.69, 9.17) is 9.84 Å². The Kier molecular flexibility index (Phi) is 4.52. The second-order valence-corrected chi connectivity index (χ2v) is 6.31. The van der Waals surface area contributed by atoms with E-state index in [9.17, 15) is 4.79 Å². The molecule has 0 amide bonds. The standard InChI is InChI=1S/C16H18N2O3S/c1-11(18-6-8-21-9-7-18)12-2-4-13(5-3-12)15-17-10-14(22-15)16(19)20/h2-5,10-11H,6-9H2,1H3,(H,19,20)/t11-/m1/s1. The summed E-state index contributed by atoms with van der Waals surface area (Å²) in [6.45, 7) is 5.69. The van der Waals surface area contributed by atoms with Gasteiger partial charge in [-0.1, -0.05) is 24.3 Å². The zero-order valence-corrected chi connectivity index (χ0v) is 13.2. The van der Waals surface area contributed by atoms with Crippen molar-refractivity contribution in [2.75, 3.05) is 26.3 Å². The third-order valence-electron chi connectivity index (χ3n) is 3.95. The van der Waals surface area contributed by atoms with Crippen LogP contribution in [0.25, 0.3) is 10.6 Å². The van der Waals surface area contributed by atoms with E-state index in [1.165, 1.54) is 23.1 Å². The molecule has 1 fully saturated rings. The van der Waals surface area contributed by atoms with Crippen LogP contribution in [0.5, 0.6) is 0 Å². The Hall–Kier alpha value is -1.76. The van der Waals surface area contributed by atoms with Crippen LogP contribution in [0.3, 0.4) is 0 Å². The molecular weight excluding hydrogens is 300 g/mol. The monoisotopic (exact) mass is 318 g/mol. The normalized spacial score (nSPS) is 17.3. The van der Waals surface area contributed by atoms with Gasteiger partial charge in [-0.25, -0.2) is 9.78 Å². The number of rotatable bonds is 4. The molecule has 0 unspecified atom stereocenters. The van der Waals surface area contributed by atoms with Gasteiger partial charge in [0.1, 0.15) is 9.88 Å². The van der Waals surface area contributed by atoms with Crippen molar-refractivity contribution in [1.29, 1.82) is 0 Å². The molecule has 2 heterocycles. The fourth-order valence-electron chi connectivity index (χ4n) is 2.59. The van der Waals surface area contributed by atoms with E-state index >= 15 is 0 Å². The SMILES string of the molecule is C[C@H](c1ccc(-c2ncc(C(=O)O)s2)cc1)N1CCOCC1. The van der Waals surface area contributed by atoms with Gasteiger partial charge in [-0.05, 0) is 12.5 Å². The smallest absolute Gasteiger partial charge is 0.347 e. The van der Waals surface area contributed by atoms with Gasteiger partial charge in [-0.2, -0.15) is 0 Å². The average molecular weight is 318 g/mol. The van der Waals surface area contributed by atoms with Crippen molar-refractivity contribution in [2.24, 2.45) is 0 Å². The number of hydrogen-bond donors (Lipinski definition) is 1. The lowest BCUT2D eigenvalue weighted by Gasteiger charge is -2.32. The number of ether oxygens (including phenoxy) is 1. The minimum atomic E-state index is -0.929. The third kappa shape index (κ3) is 3.19. The Bertz CT molecular complexity index is 648. The summed E-state index contributed by atoms with van der Waals surface area (Å²) in [6.07, 6.45) is 1.41. The summed E-state index contributed by atoms with van der Waals surface area (Å²) in [5.74, 6) is -0.929. The molecule has 116 valence electrons. The molecule has 22 heavy (non-hydrogen) atoms. The van der Waals surface area contributed by atoms with Gasteiger partial charge in [-0.15, -0.1) is 11.3 Å². The highest BCUT2D eigenvalue weighted by atomic mass is 32.1. The molecule has 2 aromatic rings. The molecule has 1 saturated heterocycles. The number of aromatic nitrogens is 1. The van der Waals surface area contributed by atoms with Crippen LogP contribution in [0.2, 0.25) is 0 Å². The molecule has 1 aromatic heterocycles. The molecule has 1 N–H and O–H groups in total. The summed E-state index contributed by atoms with van der Waals surface area (Å²) in [6, 6.07) is 8.56. The molecule has 1 aliphatic heterocycles. The lowest BCUT2D eigenvalue weighted by atomic mass is 10.0. The highest BCUT2D eigenvalue weighted by molar-refractivity contribution is 7.16. The minimum Gasteiger partial charge on any atom is -0.477 e. The first-order chi connectivity index (χ1) is 10.6. The molecule has 3 rings (SSSR count). The van der Waals surface area contributed by atoms with Gasteiger partial charge < -0.3 is 9.84 Å². The molecule has 1 atom stereocenters. The van der Waals surface area contributed by atoms with Gasteiger partial charge in [-0.3, -0.25) is 4.90 Å². The van der Waals surface area contributed by atoms with Crippen molar-refractivity contribution >= 4 is 17.3 Å². The number of hydrogen-bond acceptors (Lipinski definition) is 5. The molecule has 1 aromatic carbocycles. The second kappa shape index (κ2) is 6.56. The maximum Gasteiger partial charge on any atom is 0.347 e. The zero-order chi connectivity index (χ0) is 15.5. The van der Waals surface area contributed by atoms with Crippen molar-refractivity contribution in [3.05, 3.63) is 40.9 Å². The third-order valence-corrected chi connectivity index (χ3v) is 4.98. The van der Waals surface area contributed by atoms with Crippen molar-refractivity contribution < 1.29 is 14.6 Å². The van der Waals surface area contributed by atoms with Crippen LogP contribution in [0.15, 0.2) is 30.5 Å². The summed E-state index contributed by atoms with van der Waals surface area (Å²) < 4.78 is 5.39. The Morgan fingerprint density at radius 2 is 2.00 bits per heavy atom. The van der Waals surface area contributed by atoms with E-state index in [0.717, 1.165) is 36.9 Å². The number of carboxylic acids is 1. The zero-order valence-electron chi connectivity index (χ0n) is 12.4. The topological polar surface area (TPSA) is 62.7 Å². The number of thiazole rings is 1. The lowest BCUT2D eigenvalue weighted by Crippen LogP contribution is -2.37. The predicted octanol–water partition coefficient (Wildman–Crippen LogP) is 2.90. The fourth-order valence-corrected chi connectivity index (χ4v) is 3.35. The molecule has 0 radical (unpaired) electrons. The largest absolute Gasteiger partial charge is 0.477 e. The maximum atomic E-state index is 10.9. The first kappa shape index (κ1) is 15.1. The Labute approximate surface area is 133 Å². The van der Waals surface area contributed by atoms with Gasteiger partial charge >= 0.3 is 5.97 Å². The first-order valence-corrected chi connectivity index (χ1v) is 8.08. The van der Waals surface area contributed by atoms with Crippen LogP contribution in [0, 0.1) is 0 Å². The van der Waals surface area contributed by atoms with E-state index in [-0.39, 0.29) is 4.88 Å². The second-order valence-electron chi connectivity index (χ2n) is 5.28. The van der Waals surface area contributed by atoms with E-state index < -0.39 is 5.97 Å². The number of carboxylic acid groups (broad SMARTS) is 1. The van der Waals surface area contributed by atoms with Gasteiger partial charge in [0, 0.05) is 24.7 Å². The molecule has 0 bridgehead atoms. The fraction of sp³-hybridized carbons (Fsp3) is 0.375. The molecule has 0 saturated carbocycles. The van der Waals surface area contributed by atoms with Crippen LogP contribution in [0.4, 0.5) is 0 Å². The van der Waals surface area contributed by atoms with Crippen LogP contribution >= 0.6 is 11.3 Å². The van der Waals surface area contributed by atoms with E-state index in [1.54, 1.807) is 0 Å². The van der Waals surface area contributed by atoms with Gasteiger partial charge in [0.2, 0.25) is 0 Å². The predicted molar refractivity (Wildman–Crippen MR) is 85.3 cm³/mol. The van der Waals surface area contributed by atoms with E-state index in [2.05, 4.69) is 28.9 Å². The summed E-state index contributed by atoms with van der Waals surface area (Å²) in [7, 11) is 0. The van der Waals surface area contributed by atoms with E-state index in [0.29, 0.717) is 6.04 Å². The van der Waals surface area contributed by atoms with Crippen molar-refractivity contribution in [1.82, 2.24) is 9.88 Å². The summed E-state index contributed by atoms with van der Waals surface area (Å²) in [5, 5.41) is 9.70. The summed E-state index contributed by atoms with van der Waals surface area (Å²) in [4.78, 5) is 17.8. The minimum absolute atomic E-state index is 0.265. The van der Waals surface area contributed by atoms with Crippen molar-refractivity contribution in [3.8, 4) is 10.6 Å². The van der Waals surface area contributed by atoms with E-state index in [1.807, 2.05) is 12.1 Å². The first-order valence-electron chi connectivity index (χ1n) is 7.26. The Morgan fingerprint density at radius 3 is 2.59 bits per heavy atom. The quantitative estimate of drug-likeness (QED) is 0.939. The van der Waals surface area contributed by atoms with Crippen molar-refractivity contribution in [3.63, 3.8) is 0 Å². The molecule has 1 aliphatic rings. The van der Waals surface area contributed by atoms with Gasteiger partial charge in [0.15, 0.2) is 0 Å². The van der Waals surface area contributed by atoms with Gasteiger partial charge in [0.25, 0.3) is 0 Å². The number of benzene rings is 1. The molecule has 0 aliphatic carbocycles. The number of carbonyl (C=O) groups is 1. The highest BCUT2D eigenvalue weighted by Gasteiger charge is 2.18. The van der Waals surface area contributed by atoms with Gasteiger partial charge in [0.05, 0.1) is 19.4 Å². The number of nitrogens with zero attached hydrogens (tertiary/aromatic N) is 2. The molecule has 5 nitrogen and oxygen atoms in total. The van der Waals surface area contributed by atoms with Crippen LogP contribution < -0.4 is 0 Å². The average Bonchev–Trinajstić information content (AvgIpc) is 3.05. The number of morpholine rings is 1. The Balaban J connectivity index is 1.75. The van der Waals surface area contributed by atoms with Crippen LogP contribution in [-0.4, -0.2) is 47.3 Å². The molecule has 0 spiro atoms. The van der Waals surface area contributed by atoms with Crippen LogP contribution in [0.1, 0.15) is 28.2 Å². The van der Waals surface area contributed by atoms with Crippen LogP contribution in [-0.2, 0) is 4.74 Å². The van der Waals surface area contributed by atoms with Crippen molar-refractivity contribution in [2.45, 2.75) is 13.0 Å². The summed E-state index contributed by atoms with van der Waals surface area (Å²) in [5.41, 5.74) is 2.20.